The average molecular weight is 481 g/mol. The molecule has 2 aliphatic heterocycles. The van der Waals surface area contributed by atoms with Gasteiger partial charge < -0.3 is 15.3 Å². The van der Waals surface area contributed by atoms with Crippen LogP contribution in [0.2, 0.25) is 0 Å². The first kappa shape index (κ1) is 22.8. The highest BCUT2D eigenvalue weighted by Gasteiger charge is 2.49. The number of hydrogen-bond acceptors (Lipinski definition) is 2. The van der Waals surface area contributed by atoms with Crippen LogP contribution in [0.3, 0.4) is 0 Å². The zero-order valence-electron chi connectivity index (χ0n) is 20.5. The number of aliphatic hydroxyl groups is 1. The van der Waals surface area contributed by atoms with Crippen molar-refractivity contribution < 1.29 is 14.9 Å². The number of carbonyl (C=O) groups excluding carboxylic acids is 1. The molecule has 0 radical (unpaired) electrons. The van der Waals surface area contributed by atoms with Gasteiger partial charge in [-0.05, 0) is 36.5 Å². The summed E-state index contributed by atoms with van der Waals surface area (Å²) in [4.78, 5) is 19.5. The first-order valence-corrected chi connectivity index (χ1v) is 13.3. The molecule has 36 heavy (non-hydrogen) atoms. The standard InChI is InChI=1S/C31H33N3O2/c35-30(32-22-13-5-2-6-14-22)23-15-7-8-16-24(23)31(36)34-20-19-26-28(21-11-3-1-4-12-21)33-27-18-10-9-17-25(27)29(26)34/h1-6,9-14,17-18,23-24,26,28-29,33H,7-8,15-16,19-20H2,(H,32,35)/p+1/t23-,24+,26+,28-,29-/m0/s1. The summed E-state index contributed by atoms with van der Waals surface area (Å²) in [5, 5.41) is 14.9. The van der Waals surface area contributed by atoms with Crippen molar-refractivity contribution >= 4 is 23.2 Å². The molecule has 1 saturated heterocycles. The zero-order valence-corrected chi connectivity index (χ0v) is 20.5. The number of benzene rings is 3. The number of amides is 1. The van der Waals surface area contributed by atoms with Crippen molar-refractivity contribution in [3.63, 3.8) is 0 Å². The predicted octanol–water partition coefficient (Wildman–Crippen LogP) is 4.92. The number of anilines is 1. The number of aliphatic hydroxyl groups excluding tert-OH is 1. The van der Waals surface area contributed by atoms with E-state index in [4.69, 9.17) is 0 Å². The van der Waals surface area contributed by atoms with Crippen LogP contribution in [0.25, 0.3) is 0 Å². The van der Waals surface area contributed by atoms with Gasteiger partial charge in [-0.3, -0.25) is 4.79 Å². The Morgan fingerprint density at radius 2 is 1.50 bits per heavy atom. The summed E-state index contributed by atoms with van der Waals surface area (Å²) in [7, 11) is 0. The number of para-hydroxylation sites is 2. The minimum atomic E-state index is -0.203. The molecule has 0 bridgehead atoms. The van der Waals surface area contributed by atoms with Gasteiger partial charge in [0, 0.05) is 30.3 Å². The molecule has 1 aliphatic carbocycles. The lowest BCUT2D eigenvalue weighted by Crippen LogP contribution is -2.69. The van der Waals surface area contributed by atoms with Gasteiger partial charge in [-0.1, -0.05) is 79.6 Å². The summed E-state index contributed by atoms with van der Waals surface area (Å²) >= 11 is 0. The van der Waals surface area contributed by atoms with Gasteiger partial charge in [-0.25, -0.2) is 0 Å². The minimum Gasteiger partial charge on any atom is -0.463 e. The van der Waals surface area contributed by atoms with Crippen molar-refractivity contribution in [3.05, 3.63) is 96.1 Å². The van der Waals surface area contributed by atoms with Gasteiger partial charge >= 0.3 is 5.90 Å². The number of rotatable bonds is 4. The van der Waals surface area contributed by atoms with Crippen LogP contribution in [0, 0.1) is 17.8 Å². The molecule has 5 heteroatoms. The third-order valence-electron chi connectivity index (χ3n) is 8.39. The number of nitrogens with one attached hydrogen (secondary N) is 2. The van der Waals surface area contributed by atoms with E-state index in [0.717, 1.165) is 50.0 Å². The maximum atomic E-state index is 14.2. The molecule has 5 nitrogen and oxygen atoms in total. The third-order valence-corrected chi connectivity index (χ3v) is 8.39. The van der Waals surface area contributed by atoms with E-state index < -0.39 is 0 Å². The van der Waals surface area contributed by atoms with E-state index in [-0.39, 0.29) is 35.7 Å². The topological polar surface area (TPSA) is 66.5 Å². The van der Waals surface area contributed by atoms with Gasteiger partial charge in [-0.2, -0.15) is 4.99 Å². The lowest BCUT2D eigenvalue weighted by molar-refractivity contribution is -0.370. The summed E-state index contributed by atoms with van der Waals surface area (Å²) in [5.74, 6) is 0.353. The third kappa shape index (κ3) is 4.17. The van der Waals surface area contributed by atoms with E-state index in [1.807, 2.05) is 30.3 Å². The number of fused-ring (bicyclic) bond motifs is 3. The van der Waals surface area contributed by atoms with Crippen molar-refractivity contribution in [2.24, 2.45) is 17.8 Å². The highest BCUT2D eigenvalue weighted by Crippen LogP contribution is 2.52. The summed E-state index contributed by atoms with van der Waals surface area (Å²) < 4.78 is 0. The number of hydrogen-bond donors (Lipinski definition) is 3. The lowest BCUT2D eigenvalue weighted by atomic mass is 9.77. The maximum absolute atomic E-state index is 14.2. The Morgan fingerprint density at radius 1 is 0.833 bits per heavy atom. The molecular formula is C31H34N3O2+. The molecule has 3 N–H and O–H groups in total. The second-order valence-electron chi connectivity index (χ2n) is 10.4. The molecule has 0 aromatic heterocycles. The zero-order chi connectivity index (χ0) is 24.5. The Morgan fingerprint density at radius 3 is 2.28 bits per heavy atom. The maximum Gasteiger partial charge on any atom is 0.341 e. The molecule has 0 unspecified atom stereocenters. The fraction of sp³-hybridized carbons (Fsp3) is 0.355. The van der Waals surface area contributed by atoms with Crippen molar-refractivity contribution in [3.8, 4) is 0 Å². The van der Waals surface area contributed by atoms with Gasteiger partial charge in [-0.15, -0.1) is 0 Å². The van der Waals surface area contributed by atoms with Crippen LogP contribution in [-0.4, -0.2) is 28.4 Å². The Bertz CT molecular complexity index is 1240. The number of nitrogens with zero attached hydrogens (tertiary/aromatic N) is 1. The van der Waals surface area contributed by atoms with Gasteiger partial charge in [0.1, 0.15) is 0 Å². The lowest BCUT2D eigenvalue weighted by Gasteiger charge is -2.41. The summed E-state index contributed by atoms with van der Waals surface area (Å²) in [6.45, 7) is 0.754. The second kappa shape index (κ2) is 9.81. The summed E-state index contributed by atoms with van der Waals surface area (Å²) in [6, 6.07) is 29.0. The monoisotopic (exact) mass is 480 g/mol. The Hall–Kier alpha value is -3.60. The van der Waals surface area contributed by atoms with Crippen molar-refractivity contribution in [2.75, 3.05) is 11.9 Å². The molecule has 3 aliphatic rings. The van der Waals surface area contributed by atoms with Crippen LogP contribution in [0.1, 0.15) is 55.3 Å². The Labute approximate surface area is 212 Å². The van der Waals surface area contributed by atoms with Crippen LogP contribution >= 0.6 is 0 Å². The van der Waals surface area contributed by atoms with E-state index in [2.05, 4.69) is 69.8 Å². The minimum absolute atomic E-state index is 0.0481. The molecule has 1 saturated carbocycles. The highest BCUT2D eigenvalue weighted by atomic mass is 16.3. The van der Waals surface area contributed by atoms with Crippen LogP contribution in [0.4, 0.5) is 11.4 Å². The molecule has 5 atom stereocenters. The van der Waals surface area contributed by atoms with Crippen LogP contribution < -0.4 is 10.3 Å². The summed E-state index contributed by atoms with van der Waals surface area (Å²) in [6.07, 6.45) is 4.67. The fourth-order valence-corrected chi connectivity index (χ4v) is 6.69. The van der Waals surface area contributed by atoms with Crippen LogP contribution in [-0.2, 0) is 4.79 Å². The van der Waals surface area contributed by atoms with E-state index in [1.165, 1.54) is 11.1 Å². The fourth-order valence-electron chi connectivity index (χ4n) is 6.69. The molecule has 6 rings (SSSR count). The van der Waals surface area contributed by atoms with Gasteiger partial charge in [0.2, 0.25) is 11.6 Å². The highest BCUT2D eigenvalue weighted by molar-refractivity contribution is 5.86. The molecule has 1 amide bonds. The van der Waals surface area contributed by atoms with E-state index >= 15 is 0 Å². The Kier molecular flexibility index (Phi) is 6.22. The number of likely N-dealkylation sites (tertiary alicyclic amines) is 1. The average Bonchev–Trinajstić information content (AvgIpc) is 3.39. The van der Waals surface area contributed by atoms with Gasteiger partial charge in [0.25, 0.3) is 0 Å². The van der Waals surface area contributed by atoms with Crippen molar-refractivity contribution in [2.45, 2.75) is 44.2 Å². The molecule has 2 heterocycles. The summed E-state index contributed by atoms with van der Waals surface area (Å²) in [5.41, 5.74) is 4.45. The van der Waals surface area contributed by atoms with E-state index in [1.54, 1.807) is 0 Å². The molecule has 184 valence electrons. The quantitative estimate of drug-likeness (QED) is 0.367. The smallest absolute Gasteiger partial charge is 0.341 e. The van der Waals surface area contributed by atoms with Gasteiger partial charge in [0.15, 0.2) is 0 Å². The first-order chi connectivity index (χ1) is 17.7. The Balaban J connectivity index is 1.32. The molecule has 3 aromatic carbocycles. The second-order valence-corrected chi connectivity index (χ2v) is 10.4. The SMILES string of the molecule is O=C([C@@H]1CCCC[C@@H]1C(O)=[NH+]c1ccccc1)N1CC[C@@H]2[C@H](c3ccccc3)Nc3ccccc3[C@@H]21. The molecule has 0 spiro atoms. The van der Waals surface area contributed by atoms with Crippen LogP contribution in [0.15, 0.2) is 84.9 Å². The van der Waals surface area contributed by atoms with Gasteiger partial charge in [0.05, 0.1) is 23.9 Å². The molecule has 3 aromatic rings. The van der Waals surface area contributed by atoms with Crippen molar-refractivity contribution in [1.82, 2.24) is 4.90 Å². The normalized spacial score (nSPS) is 27.6. The van der Waals surface area contributed by atoms with Crippen LogP contribution in [0.5, 0.6) is 0 Å². The van der Waals surface area contributed by atoms with Crippen molar-refractivity contribution in [1.29, 1.82) is 0 Å². The largest absolute Gasteiger partial charge is 0.463 e. The first-order valence-electron chi connectivity index (χ1n) is 13.3. The van der Waals surface area contributed by atoms with E-state index in [9.17, 15) is 9.90 Å². The predicted molar refractivity (Wildman–Crippen MR) is 142 cm³/mol. The molecular weight excluding hydrogens is 446 g/mol. The number of carbonyl (C=O) groups is 1. The van der Waals surface area contributed by atoms with E-state index in [0.29, 0.717) is 5.92 Å². The molecule has 2 fully saturated rings.